The third-order valence-electron chi connectivity index (χ3n) is 13.1. The minimum Gasteiger partial charge on any atom is -0.454 e. The zero-order valence-corrected chi connectivity index (χ0v) is 32.6. The van der Waals surface area contributed by atoms with Crippen molar-refractivity contribution in [2.75, 3.05) is 4.90 Å². The van der Waals surface area contributed by atoms with Crippen molar-refractivity contribution in [1.82, 2.24) is 0 Å². The summed E-state index contributed by atoms with van der Waals surface area (Å²) in [6.07, 6.45) is 6.46. The lowest BCUT2D eigenvalue weighted by Gasteiger charge is -2.31. The fourth-order valence-corrected chi connectivity index (χ4v) is 10.3. The Labute approximate surface area is 335 Å². The molecule has 11 rings (SSSR count). The SMILES string of the molecule is CC1(C)c2ccccc2-c2ccc(-c3ccccc3N(c3ccccc3-c3cccc4cccc(C5CCCCC5)c34)c3cccc4c3oc3ccccc34)cc21. The summed E-state index contributed by atoms with van der Waals surface area (Å²) >= 11 is 0. The first kappa shape index (κ1) is 33.9. The van der Waals surface area contributed by atoms with E-state index in [2.05, 4.69) is 189 Å². The molecule has 0 saturated heterocycles. The quantitative estimate of drug-likeness (QED) is 0.169. The molecule has 276 valence electrons. The molecular formula is C55H45NO. The van der Waals surface area contributed by atoms with Gasteiger partial charge >= 0.3 is 0 Å². The van der Waals surface area contributed by atoms with Crippen LogP contribution >= 0.6 is 0 Å². The predicted molar refractivity (Wildman–Crippen MR) is 240 cm³/mol. The zero-order valence-electron chi connectivity index (χ0n) is 32.6. The van der Waals surface area contributed by atoms with E-state index < -0.39 is 0 Å². The molecule has 2 aliphatic rings. The molecule has 0 amide bonds. The fourth-order valence-electron chi connectivity index (χ4n) is 10.3. The number of para-hydroxylation sites is 4. The summed E-state index contributed by atoms with van der Waals surface area (Å²) in [6.45, 7) is 4.73. The van der Waals surface area contributed by atoms with Crippen molar-refractivity contribution in [3.8, 4) is 33.4 Å². The first-order valence-electron chi connectivity index (χ1n) is 20.7. The van der Waals surface area contributed by atoms with Crippen molar-refractivity contribution in [2.45, 2.75) is 57.3 Å². The maximum Gasteiger partial charge on any atom is 0.159 e. The molecule has 1 aromatic heterocycles. The van der Waals surface area contributed by atoms with Crippen LogP contribution in [0.25, 0.3) is 66.1 Å². The Kier molecular flexibility index (Phi) is 7.96. The maximum atomic E-state index is 6.85. The van der Waals surface area contributed by atoms with Crippen LogP contribution in [0.5, 0.6) is 0 Å². The van der Waals surface area contributed by atoms with E-state index in [0.29, 0.717) is 5.92 Å². The highest BCUT2D eigenvalue weighted by atomic mass is 16.3. The van der Waals surface area contributed by atoms with Crippen LogP contribution in [0.1, 0.15) is 68.6 Å². The number of furan rings is 1. The van der Waals surface area contributed by atoms with Gasteiger partial charge in [0.25, 0.3) is 0 Å². The topological polar surface area (TPSA) is 16.4 Å². The van der Waals surface area contributed by atoms with Gasteiger partial charge in [0.15, 0.2) is 5.58 Å². The van der Waals surface area contributed by atoms with Crippen LogP contribution in [-0.2, 0) is 5.41 Å². The minimum atomic E-state index is -0.104. The number of fused-ring (bicyclic) bond motifs is 7. The third kappa shape index (κ3) is 5.38. The van der Waals surface area contributed by atoms with Gasteiger partial charge in [0.2, 0.25) is 0 Å². The molecule has 57 heavy (non-hydrogen) atoms. The molecule has 0 unspecified atom stereocenters. The van der Waals surface area contributed by atoms with Crippen LogP contribution in [0, 0.1) is 0 Å². The number of hydrogen-bond donors (Lipinski definition) is 0. The van der Waals surface area contributed by atoms with E-state index in [1.54, 1.807) is 0 Å². The van der Waals surface area contributed by atoms with Gasteiger partial charge in [-0.3, -0.25) is 0 Å². The first-order chi connectivity index (χ1) is 28.1. The molecule has 1 heterocycles. The average molecular weight is 736 g/mol. The monoisotopic (exact) mass is 735 g/mol. The summed E-state index contributed by atoms with van der Waals surface area (Å²) in [5.41, 5.74) is 16.7. The van der Waals surface area contributed by atoms with Gasteiger partial charge in [0.1, 0.15) is 5.58 Å². The molecule has 0 N–H and O–H groups in total. The van der Waals surface area contributed by atoms with E-state index in [-0.39, 0.29) is 5.41 Å². The fraction of sp³-hybridized carbons (Fsp3) is 0.164. The molecule has 9 aromatic rings. The van der Waals surface area contributed by atoms with Crippen LogP contribution in [0.15, 0.2) is 174 Å². The molecule has 0 bridgehead atoms. The normalized spacial score (nSPS) is 14.9. The second-order valence-corrected chi connectivity index (χ2v) is 16.6. The lowest BCUT2D eigenvalue weighted by Crippen LogP contribution is -2.15. The minimum absolute atomic E-state index is 0.104. The Morgan fingerprint density at radius 1 is 0.491 bits per heavy atom. The van der Waals surface area contributed by atoms with Crippen LogP contribution in [0.4, 0.5) is 17.1 Å². The van der Waals surface area contributed by atoms with Crippen LogP contribution in [0.2, 0.25) is 0 Å². The highest BCUT2D eigenvalue weighted by Crippen LogP contribution is 2.53. The smallest absolute Gasteiger partial charge is 0.159 e. The molecule has 1 saturated carbocycles. The van der Waals surface area contributed by atoms with Crippen LogP contribution in [0.3, 0.4) is 0 Å². The molecule has 8 aromatic carbocycles. The Balaban J connectivity index is 1.17. The van der Waals surface area contributed by atoms with Crippen LogP contribution < -0.4 is 4.90 Å². The predicted octanol–water partition coefficient (Wildman–Crippen LogP) is 15.9. The lowest BCUT2D eigenvalue weighted by atomic mass is 9.80. The van der Waals surface area contributed by atoms with Gasteiger partial charge in [-0.05, 0) is 98.8 Å². The zero-order chi connectivity index (χ0) is 38.1. The highest BCUT2D eigenvalue weighted by Gasteiger charge is 2.35. The van der Waals surface area contributed by atoms with E-state index >= 15 is 0 Å². The molecule has 0 aliphatic heterocycles. The molecule has 2 aliphatic carbocycles. The number of rotatable bonds is 6. The molecule has 2 nitrogen and oxygen atoms in total. The van der Waals surface area contributed by atoms with Crippen LogP contribution in [-0.4, -0.2) is 0 Å². The Morgan fingerprint density at radius 2 is 1.11 bits per heavy atom. The number of hydrogen-bond acceptors (Lipinski definition) is 2. The van der Waals surface area contributed by atoms with E-state index in [1.807, 2.05) is 0 Å². The van der Waals surface area contributed by atoms with E-state index in [4.69, 9.17) is 4.42 Å². The van der Waals surface area contributed by atoms with Gasteiger partial charge in [-0.1, -0.05) is 173 Å². The van der Waals surface area contributed by atoms with Gasteiger partial charge in [0.05, 0.1) is 17.1 Å². The van der Waals surface area contributed by atoms with E-state index in [1.165, 1.54) is 92.9 Å². The summed E-state index contributed by atoms with van der Waals surface area (Å²) < 4.78 is 6.85. The number of nitrogens with zero attached hydrogens (tertiary/aromatic N) is 1. The van der Waals surface area contributed by atoms with Crippen molar-refractivity contribution >= 4 is 49.8 Å². The van der Waals surface area contributed by atoms with E-state index in [9.17, 15) is 0 Å². The van der Waals surface area contributed by atoms with Crippen molar-refractivity contribution in [2.24, 2.45) is 0 Å². The summed E-state index contributed by atoms with van der Waals surface area (Å²) in [4.78, 5) is 2.48. The third-order valence-corrected chi connectivity index (χ3v) is 13.1. The Bertz CT molecular complexity index is 2990. The second kappa shape index (κ2) is 13.4. The molecular weight excluding hydrogens is 691 g/mol. The van der Waals surface area contributed by atoms with E-state index in [0.717, 1.165) is 39.0 Å². The molecule has 0 atom stereocenters. The largest absolute Gasteiger partial charge is 0.454 e. The lowest BCUT2D eigenvalue weighted by molar-refractivity contribution is 0.445. The van der Waals surface area contributed by atoms with Gasteiger partial charge in [-0.25, -0.2) is 0 Å². The summed E-state index contributed by atoms with van der Waals surface area (Å²) in [5, 5.41) is 4.93. The molecule has 1 fully saturated rings. The average Bonchev–Trinajstić information content (AvgIpc) is 3.76. The number of benzene rings is 8. The van der Waals surface area contributed by atoms with Gasteiger partial charge < -0.3 is 9.32 Å². The van der Waals surface area contributed by atoms with Crippen molar-refractivity contribution in [1.29, 1.82) is 0 Å². The Hall–Kier alpha value is -6.38. The summed E-state index contributed by atoms with van der Waals surface area (Å²) in [5.74, 6) is 0.576. The molecule has 0 spiro atoms. The summed E-state index contributed by atoms with van der Waals surface area (Å²) in [6, 6.07) is 62.8. The Morgan fingerprint density at radius 3 is 1.95 bits per heavy atom. The van der Waals surface area contributed by atoms with Crippen molar-refractivity contribution < 1.29 is 4.42 Å². The van der Waals surface area contributed by atoms with Crippen molar-refractivity contribution in [3.05, 3.63) is 187 Å². The highest BCUT2D eigenvalue weighted by molar-refractivity contribution is 6.12. The molecule has 0 radical (unpaired) electrons. The van der Waals surface area contributed by atoms with Gasteiger partial charge in [-0.15, -0.1) is 0 Å². The standard InChI is InChI=1S/C55H45NO/c1-55(2)47-28-10-6-22-41(47)42-34-33-38(35-48(42)55)39-21-7-11-29-49(39)56(51-31-16-27-46-44-24-9-13-32-52(44)57-54(46)51)50-30-12-8-23-43(50)45-26-15-20-37-19-14-25-40(53(37)45)36-17-4-3-5-18-36/h6-16,19-36H,3-5,17-18H2,1-2H3. The second-order valence-electron chi connectivity index (χ2n) is 16.6. The first-order valence-corrected chi connectivity index (χ1v) is 20.7. The maximum absolute atomic E-state index is 6.85. The molecule has 2 heteroatoms. The van der Waals surface area contributed by atoms with Crippen molar-refractivity contribution in [3.63, 3.8) is 0 Å². The van der Waals surface area contributed by atoms with Gasteiger partial charge in [-0.2, -0.15) is 0 Å². The van der Waals surface area contributed by atoms with Gasteiger partial charge in [0, 0.05) is 27.3 Å². The number of anilines is 3. The summed E-state index contributed by atoms with van der Waals surface area (Å²) in [7, 11) is 0.